The summed E-state index contributed by atoms with van der Waals surface area (Å²) in [5.41, 5.74) is 0.453. The van der Waals surface area contributed by atoms with Crippen LogP contribution in [0.1, 0.15) is 17.4 Å². The Balaban J connectivity index is 1.47. The Bertz CT molecular complexity index is 721. The number of ether oxygens (including phenoxy) is 1. The molecule has 1 aromatic carbocycles. The topological polar surface area (TPSA) is 67.7 Å². The zero-order valence-corrected chi connectivity index (χ0v) is 14.3. The van der Waals surface area contributed by atoms with Gasteiger partial charge in [-0.3, -0.25) is 14.3 Å². The molecule has 0 unspecified atom stereocenters. The van der Waals surface area contributed by atoms with Crippen molar-refractivity contribution in [1.29, 1.82) is 0 Å². The third-order valence-corrected chi connectivity index (χ3v) is 4.21. The summed E-state index contributed by atoms with van der Waals surface area (Å²) in [7, 11) is 0. The third kappa shape index (κ3) is 4.17. The van der Waals surface area contributed by atoms with Gasteiger partial charge >= 0.3 is 0 Å². The Morgan fingerprint density at radius 1 is 1.04 bits per heavy atom. The molecule has 1 aliphatic heterocycles. The summed E-state index contributed by atoms with van der Waals surface area (Å²) in [5.74, 6) is 0.530. The van der Waals surface area contributed by atoms with Crippen LogP contribution in [0.4, 0.5) is 0 Å². The van der Waals surface area contributed by atoms with Gasteiger partial charge in [0.25, 0.3) is 11.8 Å². The lowest BCUT2D eigenvalue weighted by Crippen LogP contribution is -2.51. The highest BCUT2D eigenvalue weighted by molar-refractivity contribution is 5.92. The molecule has 0 spiro atoms. The quantitative estimate of drug-likeness (QED) is 0.821. The first-order valence-electron chi connectivity index (χ1n) is 8.45. The molecule has 132 valence electrons. The van der Waals surface area contributed by atoms with Crippen LogP contribution in [0.2, 0.25) is 0 Å². The van der Waals surface area contributed by atoms with Crippen LogP contribution in [0, 0.1) is 0 Å². The van der Waals surface area contributed by atoms with Crippen molar-refractivity contribution in [3.05, 3.63) is 48.3 Å². The zero-order valence-electron chi connectivity index (χ0n) is 14.3. The van der Waals surface area contributed by atoms with Crippen molar-refractivity contribution >= 4 is 11.8 Å². The van der Waals surface area contributed by atoms with E-state index in [0.29, 0.717) is 37.6 Å². The van der Waals surface area contributed by atoms with Crippen LogP contribution >= 0.6 is 0 Å². The fraction of sp³-hybridized carbons (Fsp3) is 0.389. The number of piperazine rings is 1. The van der Waals surface area contributed by atoms with Crippen molar-refractivity contribution < 1.29 is 14.3 Å². The van der Waals surface area contributed by atoms with Crippen LogP contribution in [0.3, 0.4) is 0 Å². The van der Waals surface area contributed by atoms with Crippen LogP contribution in [-0.2, 0) is 11.3 Å². The van der Waals surface area contributed by atoms with E-state index in [1.54, 1.807) is 26.7 Å². The van der Waals surface area contributed by atoms with Crippen LogP contribution in [0.25, 0.3) is 0 Å². The highest BCUT2D eigenvalue weighted by Gasteiger charge is 2.26. The van der Waals surface area contributed by atoms with Crippen molar-refractivity contribution in [2.75, 3.05) is 32.8 Å². The number of hydrogen-bond donors (Lipinski definition) is 0. The minimum absolute atomic E-state index is 0.0128. The van der Waals surface area contributed by atoms with E-state index in [9.17, 15) is 9.59 Å². The van der Waals surface area contributed by atoms with Gasteiger partial charge in [-0.15, -0.1) is 0 Å². The minimum atomic E-state index is -0.0835. The van der Waals surface area contributed by atoms with Crippen molar-refractivity contribution in [2.24, 2.45) is 0 Å². The van der Waals surface area contributed by atoms with E-state index >= 15 is 0 Å². The maximum Gasteiger partial charge on any atom is 0.274 e. The molecule has 2 heterocycles. The van der Waals surface area contributed by atoms with Crippen molar-refractivity contribution in [3.63, 3.8) is 0 Å². The van der Waals surface area contributed by atoms with E-state index < -0.39 is 0 Å². The normalized spacial score (nSPS) is 14.4. The number of carbonyl (C=O) groups excluding carboxylic acids is 2. The second kappa shape index (κ2) is 7.83. The molecule has 0 bridgehead atoms. The monoisotopic (exact) mass is 342 g/mol. The highest BCUT2D eigenvalue weighted by atomic mass is 16.5. The SMILES string of the molecule is CCn1ccc(C(=O)N2CCN(C(=O)COc3ccccc3)CC2)n1. The number of carbonyl (C=O) groups is 2. The summed E-state index contributed by atoms with van der Waals surface area (Å²) in [4.78, 5) is 28.2. The number of hydrogen-bond acceptors (Lipinski definition) is 4. The zero-order chi connectivity index (χ0) is 17.6. The molecule has 1 aromatic heterocycles. The van der Waals surface area contributed by atoms with Crippen LogP contribution < -0.4 is 4.74 Å². The summed E-state index contributed by atoms with van der Waals surface area (Å²) >= 11 is 0. The van der Waals surface area contributed by atoms with Crippen LogP contribution in [-0.4, -0.2) is 64.2 Å². The number of amides is 2. The number of aromatic nitrogens is 2. The predicted octanol–water partition coefficient (Wildman–Crippen LogP) is 1.27. The summed E-state index contributed by atoms with van der Waals surface area (Å²) in [6.07, 6.45) is 1.80. The molecule has 0 saturated carbocycles. The third-order valence-electron chi connectivity index (χ3n) is 4.21. The van der Waals surface area contributed by atoms with Gasteiger partial charge in [0.05, 0.1) is 0 Å². The molecular formula is C18H22N4O3. The number of para-hydroxylation sites is 1. The molecule has 3 rings (SSSR count). The molecule has 0 radical (unpaired) electrons. The Morgan fingerprint density at radius 3 is 2.36 bits per heavy atom. The van der Waals surface area contributed by atoms with E-state index in [2.05, 4.69) is 5.10 Å². The number of nitrogens with zero attached hydrogens (tertiary/aromatic N) is 4. The Hall–Kier alpha value is -2.83. The van der Waals surface area contributed by atoms with Gasteiger partial charge < -0.3 is 14.5 Å². The van der Waals surface area contributed by atoms with Gasteiger partial charge in [-0.05, 0) is 25.1 Å². The first-order valence-corrected chi connectivity index (χ1v) is 8.45. The molecule has 7 nitrogen and oxygen atoms in total. The fourth-order valence-corrected chi connectivity index (χ4v) is 2.73. The van der Waals surface area contributed by atoms with E-state index in [-0.39, 0.29) is 18.4 Å². The van der Waals surface area contributed by atoms with E-state index in [1.807, 2.05) is 37.3 Å². The van der Waals surface area contributed by atoms with Crippen molar-refractivity contribution in [3.8, 4) is 5.75 Å². The van der Waals surface area contributed by atoms with Gasteiger partial charge in [-0.25, -0.2) is 0 Å². The molecule has 1 saturated heterocycles. The van der Waals surface area contributed by atoms with Gasteiger partial charge in [0, 0.05) is 38.9 Å². The second-order valence-corrected chi connectivity index (χ2v) is 5.83. The Labute approximate surface area is 146 Å². The molecule has 2 aromatic rings. The molecule has 0 aliphatic carbocycles. The average molecular weight is 342 g/mol. The number of aryl methyl sites for hydroxylation is 1. The molecule has 1 aliphatic rings. The van der Waals surface area contributed by atoms with E-state index in [0.717, 1.165) is 6.54 Å². The van der Waals surface area contributed by atoms with Gasteiger partial charge in [0.15, 0.2) is 6.61 Å². The van der Waals surface area contributed by atoms with Gasteiger partial charge in [0.1, 0.15) is 11.4 Å². The standard InChI is InChI=1S/C18H22N4O3/c1-2-22-9-8-16(19-22)18(24)21-12-10-20(11-13-21)17(23)14-25-15-6-4-3-5-7-15/h3-9H,2,10-14H2,1H3. The smallest absolute Gasteiger partial charge is 0.274 e. The summed E-state index contributed by atoms with van der Waals surface area (Å²) < 4.78 is 7.23. The van der Waals surface area contributed by atoms with Gasteiger partial charge in [-0.2, -0.15) is 5.10 Å². The largest absolute Gasteiger partial charge is 0.484 e. The molecular weight excluding hydrogens is 320 g/mol. The Kier molecular flexibility index (Phi) is 5.33. The van der Waals surface area contributed by atoms with Gasteiger partial charge in [0.2, 0.25) is 0 Å². The highest BCUT2D eigenvalue weighted by Crippen LogP contribution is 2.10. The van der Waals surface area contributed by atoms with Crippen molar-refractivity contribution in [2.45, 2.75) is 13.5 Å². The summed E-state index contributed by atoms with van der Waals surface area (Å²) in [6, 6.07) is 11.0. The lowest BCUT2D eigenvalue weighted by molar-refractivity contribution is -0.134. The maximum atomic E-state index is 12.4. The summed E-state index contributed by atoms with van der Waals surface area (Å²) in [5, 5.41) is 4.25. The van der Waals surface area contributed by atoms with Crippen LogP contribution in [0.15, 0.2) is 42.6 Å². The molecule has 7 heteroatoms. The molecule has 25 heavy (non-hydrogen) atoms. The summed E-state index contributed by atoms with van der Waals surface area (Å²) in [6.45, 7) is 4.76. The van der Waals surface area contributed by atoms with Gasteiger partial charge in [-0.1, -0.05) is 18.2 Å². The van der Waals surface area contributed by atoms with Crippen LogP contribution in [0.5, 0.6) is 5.75 Å². The lowest BCUT2D eigenvalue weighted by Gasteiger charge is -2.34. The Morgan fingerprint density at radius 2 is 1.72 bits per heavy atom. The molecule has 0 N–H and O–H groups in total. The minimum Gasteiger partial charge on any atom is -0.484 e. The molecule has 0 atom stereocenters. The van der Waals surface area contributed by atoms with E-state index in [4.69, 9.17) is 4.74 Å². The molecule has 2 amide bonds. The fourth-order valence-electron chi connectivity index (χ4n) is 2.73. The lowest BCUT2D eigenvalue weighted by atomic mass is 10.2. The first kappa shape index (κ1) is 17.0. The molecule has 1 fully saturated rings. The first-order chi connectivity index (χ1) is 12.2. The van der Waals surface area contributed by atoms with E-state index in [1.165, 1.54) is 0 Å². The maximum absolute atomic E-state index is 12.4. The average Bonchev–Trinajstić information content (AvgIpc) is 3.16. The second-order valence-electron chi connectivity index (χ2n) is 5.83. The number of benzene rings is 1. The predicted molar refractivity (Wildman–Crippen MR) is 92.3 cm³/mol. The van der Waals surface area contributed by atoms with Crippen molar-refractivity contribution in [1.82, 2.24) is 19.6 Å². The number of rotatable bonds is 5.